The van der Waals surface area contributed by atoms with Crippen molar-refractivity contribution in [3.8, 4) is 0 Å². The zero-order chi connectivity index (χ0) is 17.2. The van der Waals surface area contributed by atoms with Crippen molar-refractivity contribution in [2.24, 2.45) is 5.16 Å². The van der Waals surface area contributed by atoms with Crippen molar-refractivity contribution in [3.63, 3.8) is 0 Å². The third-order valence-electron chi connectivity index (χ3n) is 4.27. The van der Waals surface area contributed by atoms with Gasteiger partial charge in [0.1, 0.15) is 11.5 Å². The molecule has 126 valence electrons. The molecule has 0 saturated carbocycles. The van der Waals surface area contributed by atoms with Gasteiger partial charge in [0.25, 0.3) is 0 Å². The van der Waals surface area contributed by atoms with Gasteiger partial charge in [-0.15, -0.1) is 11.3 Å². The predicted octanol–water partition coefficient (Wildman–Crippen LogP) is 3.26. The molecule has 0 radical (unpaired) electrons. The van der Waals surface area contributed by atoms with Gasteiger partial charge >= 0.3 is 5.97 Å². The number of Topliss-reactive ketones (excluding diaryl/α,β-unsaturated/α-hetero) is 1. The van der Waals surface area contributed by atoms with Gasteiger partial charge in [0.2, 0.25) is 0 Å². The smallest absolute Gasteiger partial charge is 0.363 e. The Balaban J connectivity index is 1.59. The number of anilines is 1. The fourth-order valence-corrected chi connectivity index (χ4v) is 3.92. The first kappa shape index (κ1) is 15.8. The van der Waals surface area contributed by atoms with E-state index in [1.807, 2.05) is 48.5 Å². The summed E-state index contributed by atoms with van der Waals surface area (Å²) < 4.78 is 0. The molecule has 1 aromatic heterocycles. The van der Waals surface area contributed by atoms with Gasteiger partial charge < -0.3 is 9.74 Å². The Morgan fingerprint density at radius 3 is 2.56 bits per heavy atom. The van der Waals surface area contributed by atoms with E-state index >= 15 is 0 Å². The minimum Gasteiger partial charge on any atom is -0.363 e. The van der Waals surface area contributed by atoms with Gasteiger partial charge in [-0.25, -0.2) is 4.79 Å². The predicted molar refractivity (Wildman–Crippen MR) is 97.8 cm³/mol. The largest absolute Gasteiger partial charge is 0.368 e. The monoisotopic (exact) mass is 352 g/mol. The van der Waals surface area contributed by atoms with Gasteiger partial charge in [0, 0.05) is 36.4 Å². The van der Waals surface area contributed by atoms with Gasteiger partial charge in [0.15, 0.2) is 0 Å². The zero-order valence-electron chi connectivity index (χ0n) is 13.5. The van der Waals surface area contributed by atoms with E-state index in [0.717, 1.165) is 28.5 Å². The van der Waals surface area contributed by atoms with Crippen molar-refractivity contribution in [1.82, 2.24) is 0 Å². The van der Waals surface area contributed by atoms with Crippen LogP contribution >= 0.6 is 11.3 Å². The summed E-state index contributed by atoms with van der Waals surface area (Å²) in [5.74, 6) is -0.107. The molecule has 0 aliphatic carbocycles. The van der Waals surface area contributed by atoms with E-state index in [-0.39, 0.29) is 0 Å². The second-order valence-electron chi connectivity index (χ2n) is 5.94. The van der Waals surface area contributed by atoms with E-state index in [9.17, 15) is 9.59 Å². The third-order valence-corrected chi connectivity index (χ3v) is 5.37. The Hall–Kier alpha value is -2.73. The van der Waals surface area contributed by atoms with Crippen LogP contribution in [-0.2, 0) is 14.4 Å². The second kappa shape index (κ2) is 6.64. The molecular weight excluding hydrogens is 336 g/mol. The fraction of sp³-hybridized carbons (Fsp3) is 0.211. The highest BCUT2D eigenvalue weighted by atomic mass is 32.1. The van der Waals surface area contributed by atoms with Crippen LogP contribution in [0.4, 0.5) is 5.00 Å². The van der Waals surface area contributed by atoms with E-state index in [4.69, 9.17) is 4.84 Å². The quantitative estimate of drug-likeness (QED) is 0.628. The lowest BCUT2D eigenvalue weighted by atomic mass is 10.0. The first-order chi connectivity index (χ1) is 12.2. The first-order valence-electron chi connectivity index (χ1n) is 8.14. The molecule has 1 aromatic carbocycles. The number of ketones is 1. The lowest BCUT2D eigenvalue weighted by molar-refractivity contribution is -0.136. The van der Waals surface area contributed by atoms with Crippen molar-refractivity contribution < 1.29 is 14.4 Å². The highest BCUT2D eigenvalue weighted by Crippen LogP contribution is 2.30. The Morgan fingerprint density at radius 2 is 1.80 bits per heavy atom. The molecule has 3 heterocycles. The number of piperidine rings is 1. The zero-order valence-corrected chi connectivity index (χ0v) is 14.3. The number of nitrogens with zero attached hydrogens (tertiary/aromatic N) is 2. The highest BCUT2D eigenvalue weighted by molar-refractivity contribution is 7.17. The molecule has 0 bridgehead atoms. The van der Waals surface area contributed by atoms with Gasteiger partial charge in [-0.1, -0.05) is 35.5 Å². The van der Waals surface area contributed by atoms with Crippen LogP contribution in [-0.4, -0.2) is 30.6 Å². The molecule has 0 amide bonds. The number of carbonyl (C=O) groups is 2. The Kier molecular flexibility index (Phi) is 4.19. The maximum Gasteiger partial charge on any atom is 0.368 e. The summed E-state index contributed by atoms with van der Waals surface area (Å²) in [6, 6.07) is 13.5. The third kappa shape index (κ3) is 3.25. The minimum absolute atomic E-state index is 0.326. The molecule has 5 nitrogen and oxygen atoms in total. The number of benzene rings is 1. The maximum absolute atomic E-state index is 12.1. The average Bonchev–Trinajstić information content (AvgIpc) is 3.24. The van der Waals surface area contributed by atoms with Crippen molar-refractivity contribution in [2.45, 2.75) is 12.8 Å². The van der Waals surface area contributed by atoms with Crippen molar-refractivity contribution in [1.29, 1.82) is 0 Å². The molecule has 0 unspecified atom stereocenters. The van der Waals surface area contributed by atoms with Crippen LogP contribution in [0.15, 0.2) is 53.2 Å². The summed E-state index contributed by atoms with van der Waals surface area (Å²) in [7, 11) is 0. The topological polar surface area (TPSA) is 59.0 Å². The highest BCUT2D eigenvalue weighted by Gasteiger charge is 2.27. The van der Waals surface area contributed by atoms with Gasteiger partial charge in [-0.2, -0.15) is 0 Å². The molecule has 0 N–H and O–H groups in total. The second-order valence-corrected chi connectivity index (χ2v) is 7.04. The van der Waals surface area contributed by atoms with E-state index < -0.39 is 5.97 Å². The van der Waals surface area contributed by atoms with Crippen LogP contribution in [0.5, 0.6) is 0 Å². The molecule has 1 fully saturated rings. The van der Waals surface area contributed by atoms with E-state index in [1.165, 1.54) is 0 Å². The number of thiophene rings is 1. The van der Waals surface area contributed by atoms with Gasteiger partial charge in [-0.3, -0.25) is 4.79 Å². The summed E-state index contributed by atoms with van der Waals surface area (Å²) in [5.41, 5.74) is 1.88. The molecule has 25 heavy (non-hydrogen) atoms. The van der Waals surface area contributed by atoms with Gasteiger partial charge in [0.05, 0.1) is 10.6 Å². The number of carbonyl (C=O) groups excluding carboxylic acids is 2. The fourth-order valence-electron chi connectivity index (χ4n) is 2.92. The van der Waals surface area contributed by atoms with Crippen LogP contribution in [0.3, 0.4) is 0 Å². The minimum atomic E-state index is -0.433. The molecule has 0 atom stereocenters. The van der Waals surface area contributed by atoms with Crippen LogP contribution in [0.25, 0.3) is 6.08 Å². The summed E-state index contributed by atoms with van der Waals surface area (Å²) >= 11 is 1.60. The standard InChI is InChI=1S/C19H16N2O3S/c22-14-8-10-21(11-9-14)17-7-6-15(25-17)12-16-18(20-24-19(16)23)13-4-2-1-3-5-13/h1-7,12H,8-11H2. The first-order valence-corrected chi connectivity index (χ1v) is 8.96. The molecular formula is C19H16N2O3S. The number of oxime groups is 1. The van der Waals surface area contributed by atoms with Crippen LogP contribution < -0.4 is 4.90 Å². The number of hydrogen-bond acceptors (Lipinski definition) is 6. The number of hydrogen-bond donors (Lipinski definition) is 0. The van der Waals surface area contributed by atoms with Crippen molar-refractivity contribution in [3.05, 3.63) is 58.5 Å². The average molecular weight is 352 g/mol. The molecule has 1 saturated heterocycles. The number of rotatable bonds is 3. The summed E-state index contributed by atoms with van der Waals surface area (Å²) in [6.45, 7) is 1.52. The Labute approximate surface area is 149 Å². The molecule has 4 rings (SSSR count). The van der Waals surface area contributed by atoms with E-state index in [2.05, 4.69) is 10.1 Å². The lowest BCUT2D eigenvalue weighted by Gasteiger charge is -2.26. The van der Waals surface area contributed by atoms with Crippen molar-refractivity contribution >= 4 is 39.9 Å². The van der Waals surface area contributed by atoms with Crippen LogP contribution in [0.1, 0.15) is 23.3 Å². The Bertz CT molecular complexity index is 873. The molecule has 0 spiro atoms. The molecule has 2 aromatic rings. The lowest BCUT2D eigenvalue weighted by Crippen LogP contribution is -2.32. The summed E-state index contributed by atoms with van der Waals surface area (Å²) in [5, 5.41) is 5.04. The van der Waals surface area contributed by atoms with Crippen molar-refractivity contribution in [2.75, 3.05) is 18.0 Å². The van der Waals surface area contributed by atoms with E-state index in [1.54, 1.807) is 11.3 Å². The van der Waals surface area contributed by atoms with Crippen LogP contribution in [0, 0.1) is 0 Å². The molecule has 6 heteroatoms. The molecule has 2 aliphatic heterocycles. The molecule has 2 aliphatic rings. The maximum atomic E-state index is 12.1. The van der Waals surface area contributed by atoms with Crippen LogP contribution in [0.2, 0.25) is 0 Å². The SMILES string of the molecule is O=C1CCN(c2ccc(C=C3C(=O)ON=C3c3ccccc3)s2)CC1. The normalized spacial score (nSPS) is 19.3. The van der Waals surface area contributed by atoms with E-state index in [0.29, 0.717) is 29.9 Å². The van der Waals surface area contributed by atoms with Gasteiger partial charge in [-0.05, 0) is 18.2 Å². The Morgan fingerprint density at radius 1 is 1.04 bits per heavy atom. The summed E-state index contributed by atoms with van der Waals surface area (Å²) in [4.78, 5) is 31.5. The summed E-state index contributed by atoms with van der Waals surface area (Å²) in [6.07, 6.45) is 3.03.